The van der Waals surface area contributed by atoms with Gasteiger partial charge in [-0.05, 0) is 42.3 Å². The Morgan fingerprint density at radius 1 is 1.21 bits per heavy atom. The molecule has 0 spiro atoms. The van der Waals surface area contributed by atoms with Crippen molar-refractivity contribution < 1.29 is 27.8 Å². The topological polar surface area (TPSA) is 51.5 Å². The van der Waals surface area contributed by atoms with Crippen LogP contribution in [-0.2, 0) is 23.9 Å². The second-order valence-corrected chi connectivity index (χ2v) is 6.83. The molecule has 1 N–H and O–H groups in total. The van der Waals surface area contributed by atoms with Gasteiger partial charge in [-0.3, -0.25) is 4.79 Å². The van der Waals surface area contributed by atoms with Crippen molar-refractivity contribution in [3.05, 3.63) is 63.8 Å². The van der Waals surface area contributed by atoms with Crippen molar-refractivity contribution in [3.8, 4) is 5.75 Å². The summed E-state index contributed by atoms with van der Waals surface area (Å²) in [6, 6.07) is 8.26. The first kappa shape index (κ1) is 20.1. The summed E-state index contributed by atoms with van der Waals surface area (Å²) in [5.74, 6) is -0.557. The van der Waals surface area contributed by atoms with E-state index in [2.05, 4.69) is 0 Å². The summed E-state index contributed by atoms with van der Waals surface area (Å²) < 4.78 is 45.4. The van der Waals surface area contributed by atoms with E-state index in [0.717, 1.165) is 12.1 Å². The van der Waals surface area contributed by atoms with Gasteiger partial charge in [0.25, 0.3) is 0 Å². The lowest BCUT2D eigenvalue weighted by Crippen LogP contribution is -2.07. The summed E-state index contributed by atoms with van der Waals surface area (Å²) in [5, 5.41) is 10.3. The molecule has 148 valence electrons. The normalized spacial score (nSPS) is 11.8. The highest BCUT2D eigenvalue weighted by Gasteiger charge is 2.30. The van der Waals surface area contributed by atoms with Gasteiger partial charge in [0.15, 0.2) is 0 Å². The summed E-state index contributed by atoms with van der Waals surface area (Å²) in [5.41, 5.74) is 1.96. The number of aliphatic carboxylic acids is 1. The Kier molecular flexibility index (Phi) is 5.30. The fourth-order valence-corrected chi connectivity index (χ4v) is 3.50. The lowest BCUT2D eigenvalue weighted by molar-refractivity contribution is -0.138. The van der Waals surface area contributed by atoms with Gasteiger partial charge >= 0.3 is 12.1 Å². The van der Waals surface area contributed by atoms with E-state index in [-0.39, 0.29) is 13.0 Å². The molecule has 8 heteroatoms. The highest BCUT2D eigenvalue weighted by molar-refractivity contribution is 6.32. The maximum atomic E-state index is 12.8. The standard InChI is InChI=1S/C20H17ClF3NO3/c1-11-14(8-19(26)27)15-7-18(28-2)16(21)9-17(15)25(11)10-12-3-5-13(6-4-12)20(22,23)24/h3-7,9H,8,10H2,1-2H3,(H,26,27). The molecule has 0 atom stereocenters. The number of fused-ring (bicyclic) bond motifs is 1. The lowest BCUT2D eigenvalue weighted by Gasteiger charge is -2.11. The van der Waals surface area contributed by atoms with Crippen molar-refractivity contribution in [2.45, 2.75) is 26.1 Å². The summed E-state index contributed by atoms with van der Waals surface area (Å²) in [6.07, 6.45) is -4.58. The quantitative estimate of drug-likeness (QED) is 0.619. The van der Waals surface area contributed by atoms with E-state index >= 15 is 0 Å². The van der Waals surface area contributed by atoms with Crippen LogP contribution >= 0.6 is 11.6 Å². The van der Waals surface area contributed by atoms with Crippen molar-refractivity contribution in [1.82, 2.24) is 4.57 Å². The minimum atomic E-state index is -4.40. The lowest BCUT2D eigenvalue weighted by atomic mass is 10.1. The van der Waals surface area contributed by atoms with E-state index < -0.39 is 17.7 Å². The molecule has 0 amide bonds. The number of aromatic nitrogens is 1. The number of methoxy groups -OCH3 is 1. The van der Waals surface area contributed by atoms with E-state index in [1.54, 1.807) is 19.1 Å². The number of carboxylic acids is 1. The molecular weight excluding hydrogens is 395 g/mol. The molecule has 0 saturated heterocycles. The zero-order valence-electron chi connectivity index (χ0n) is 15.1. The van der Waals surface area contributed by atoms with Gasteiger partial charge < -0.3 is 14.4 Å². The first-order valence-electron chi connectivity index (χ1n) is 8.35. The summed E-state index contributed by atoms with van der Waals surface area (Å²) in [7, 11) is 1.47. The molecule has 0 unspecified atom stereocenters. The molecule has 0 fully saturated rings. The Morgan fingerprint density at radius 2 is 1.86 bits per heavy atom. The molecule has 3 rings (SSSR count). The molecule has 0 aliphatic heterocycles. The van der Waals surface area contributed by atoms with E-state index in [9.17, 15) is 23.1 Å². The van der Waals surface area contributed by atoms with Crippen LogP contribution in [0.2, 0.25) is 5.02 Å². The number of nitrogens with zero attached hydrogens (tertiary/aromatic N) is 1. The van der Waals surface area contributed by atoms with Crippen molar-refractivity contribution in [1.29, 1.82) is 0 Å². The number of carboxylic acid groups (broad SMARTS) is 1. The molecule has 2 aromatic carbocycles. The molecule has 0 radical (unpaired) electrons. The third kappa shape index (κ3) is 3.80. The average molecular weight is 412 g/mol. The van der Waals surface area contributed by atoms with Gasteiger partial charge in [0.1, 0.15) is 5.75 Å². The number of ether oxygens (including phenoxy) is 1. The minimum absolute atomic E-state index is 0.187. The van der Waals surface area contributed by atoms with Gasteiger partial charge in [-0.1, -0.05) is 23.7 Å². The van der Waals surface area contributed by atoms with Crippen LogP contribution < -0.4 is 4.74 Å². The number of rotatable bonds is 5. The van der Waals surface area contributed by atoms with Crippen LogP contribution in [-0.4, -0.2) is 22.8 Å². The molecule has 1 aromatic heterocycles. The maximum absolute atomic E-state index is 12.8. The number of benzene rings is 2. The van der Waals surface area contributed by atoms with Crippen LogP contribution in [0.3, 0.4) is 0 Å². The van der Waals surface area contributed by atoms with Gasteiger partial charge in [0, 0.05) is 17.6 Å². The molecule has 1 heterocycles. The Balaban J connectivity index is 2.11. The largest absolute Gasteiger partial charge is 0.495 e. The van der Waals surface area contributed by atoms with Gasteiger partial charge in [0.2, 0.25) is 0 Å². The Hall–Kier alpha value is -2.67. The Morgan fingerprint density at radius 3 is 2.39 bits per heavy atom. The fourth-order valence-electron chi connectivity index (χ4n) is 3.26. The Labute approximate surface area is 164 Å². The van der Waals surface area contributed by atoms with Crippen LogP contribution in [0.1, 0.15) is 22.4 Å². The predicted octanol–water partition coefficient (Wildman–Crippen LogP) is 5.31. The number of halogens is 4. The van der Waals surface area contributed by atoms with Crippen LogP contribution in [0.15, 0.2) is 36.4 Å². The third-order valence-corrected chi connectivity index (χ3v) is 4.97. The number of carbonyl (C=O) groups is 1. The van der Waals surface area contributed by atoms with Gasteiger partial charge in [-0.15, -0.1) is 0 Å². The molecule has 0 bridgehead atoms. The van der Waals surface area contributed by atoms with E-state index in [4.69, 9.17) is 16.3 Å². The SMILES string of the molecule is COc1cc2c(CC(=O)O)c(C)n(Cc3ccc(C(F)(F)F)cc3)c2cc1Cl. The van der Waals surface area contributed by atoms with Crippen LogP contribution in [0.25, 0.3) is 10.9 Å². The molecule has 0 aliphatic carbocycles. The van der Waals surface area contributed by atoms with E-state index in [0.29, 0.717) is 38.5 Å². The fraction of sp³-hybridized carbons (Fsp3) is 0.250. The summed E-state index contributed by atoms with van der Waals surface area (Å²) >= 11 is 6.24. The number of hydrogen-bond acceptors (Lipinski definition) is 2. The second-order valence-electron chi connectivity index (χ2n) is 6.42. The first-order chi connectivity index (χ1) is 13.1. The van der Waals surface area contributed by atoms with E-state index in [1.807, 2.05) is 4.57 Å². The highest BCUT2D eigenvalue weighted by Crippen LogP contribution is 2.36. The van der Waals surface area contributed by atoms with Gasteiger partial charge in [0.05, 0.1) is 29.6 Å². The molecule has 0 aliphatic rings. The number of hydrogen-bond donors (Lipinski definition) is 1. The van der Waals surface area contributed by atoms with Crippen LogP contribution in [0.4, 0.5) is 13.2 Å². The van der Waals surface area contributed by atoms with Crippen molar-refractivity contribution in [2.24, 2.45) is 0 Å². The maximum Gasteiger partial charge on any atom is 0.416 e. The summed E-state index contributed by atoms with van der Waals surface area (Å²) in [4.78, 5) is 11.3. The van der Waals surface area contributed by atoms with Crippen molar-refractivity contribution in [2.75, 3.05) is 7.11 Å². The molecule has 28 heavy (non-hydrogen) atoms. The van der Waals surface area contributed by atoms with E-state index in [1.165, 1.54) is 19.2 Å². The molecule has 4 nitrogen and oxygen atoms in total. The van der Waals surface area contributed by atoms with Crippen LogP contribution in [0, 0.1) is 6.92 Å². The number of alkyl halides is 3. The highest BCUT2D eigenvalue weighted by atomic mass is 35.5. The van der Waals surface area contributed by atoms with Crippen LogP contribution in [0.5, 0.6) is 5.75 Å². The van der Waals surface area contributed by atoms with Crippen molar-refractivity contribution >= 4 is 28.5 Å². The predicted molar refractivity (Wildman–Crippen MR) is 100 cm³/mol. The monoisotopic (exact) mass is 411 g/mol. The third-order valence-electron chi connectivity index (χ3n) is 4.68. The second kappa shape index (κ2) is 7.39. The zero-order chi connectivity index (χ0) is 20.6. The zero-order valence-corrected chi connectivity index (χ0v) is 15.9. The van der Waals surface area contributed by atoms with Crippen molar-refractivity contribution in [3.63, 3.8) is 0 Å². The summed E-state index contributed by atoms with van der Waals surface area (Å²) in [6.45, 7) is 2.06. The first-order valence-corrected chi connectivity index (χ1v) is 8.72. The average Bonchev–Trinajstić information content (AvgIpc) is 2.85. The molecular formula is C20H17ClF3NO3. The van der Waals surface area contributed by atoms with Gasteiger partial charge in [-0.25, -0.2) is 0 Å². The minimum Gasteiger partial charge on any atom is -0.495 e. The Bertz CT molecular complexity index is 1040. The smallest absolute Gasteiger partial charge is 0.416 e. The van der Waals surface area contributed by atoms with Gasteiger partial charge in [-0.2, -0.15) is 13.2 Å². The molecule has 3 aromatic rings. The molecule has 0 saturated carbocycles.